The van der Waals surface area contributed by atoms with Crippen molar-refractivity contribution in [1.29, 1.82) is 0 Å². The highest BCUT2D eigenvalue weighted by Gasteiger charge is 2.41. The van der Waals surface area contributed by atoms with E-state index in [0.717, 1.165) is 26.1 Å². The zero-order chi connectivity index (χ0) is 15.6. The summed E-state index contributed by atoms with van der Waals surface area (Å²) >= 11 is 0. The van der Waals surface area contributed by atoms with E-state index in [0.29, 0.717) is 18.4 Å². The molecule has 21 heavy (non-hydrogen) atoms. The number of likely N-dealkylation sites (N-methyl/N-ethyl adjacent to an activating group) is 1. The van der Waals surface area contributed by atoms with Crippen molar-refractivity contribution in [3.63, 3.8) is 0 Å². The molecule has 2 heterocycles. The van der Waals surface area contributed by atoms with Crippen LogP contribution >= 0.6 is 0 Å². The summed E-state index contributed by atoms with van der Waals surface area (Å²) < 4.78 is 5.84. The Labute approximate surface area is 129 Å². The number of carbonyl (C=O) groups excluding carboxylic acids is 1. The van der Waals surface area contributed by atoms with Crippen LogP contribution in [-0.2, 0) is 9.53 Å². The van der Waals surface area contributed by atoms with E-state index in [1.807, 2.05) is 4.90 Å². The molecule has 5 heteroatoms. The lowest BCUT2D eigenvalue weighted by Gasteiger charge is -2.35. The largest absolute Gasteiger partial charge is 0.374 e. The molecule has 1 amide bonds. The van der Waals surface area contributed by atoms with Crippen molar-refractivity contribution in [2.75, 3.05) is 33.3 Å². The summed E-state index contributed by atoms with van der Waals surface area (Å²) in [7, 11) is 2.11. The first-order chi connectivity index (χ1) is 9.88. The number of nitrogens with zero attached hydrogens (tertiary/aromatic N) is 2. The molecule has 2 aliphatic heterocycles. The Balaban J connectivity index is 2.02. The van der Waals surface area contributed by atoms with Crippen molar-refractivity contribution in [3.8, 4) is 0 Å². The van der Waals surface area contributed by atoms with Crippen LogP contribution in [0.15, 0.2) is 0 Å². The normalized spacial score (nSPS) is 31.7. The summed E-state index contributed by atoms with van der Waals surface area (Å²) in [4.78, 5) is 17.0. The molecule has 3 unspecified atom stereocenters. The third-order valence-electron chi connectivity index (χ3n) is 4.37. The zero-order valence-electron chi connectivity index (χ0n) is 14.1. The number of hydrogen-bond donors (Lipinski definition) is 1. The van der Waals surface area contributed by atoms with E-state index >= 15 is 0 Å². The lowest BCUT2D eigenvalue weighted by Crippen LogP contribution is -2.50. The third kappa shape index (κ3) is 4.18. The number of morpholine rings is 1. The Morgan fingerprint density at radius 3 is 2.62 bits per heavy atom. The highest BCUT2D eigenvalue weighted by atomic mass is 16.5. The summed E-state index contributed by atoms with van der Waals surface area (Å²) in [5.41, 5.74) is 0. The molecule has 0 aromatic heterocycles. The molecule has 0 saturated carbocycles. The fourth-order valence-electron chi connectivity index (χ4n) is 3.30. The van der Waals surface area contributed by atoms with Gasteiger partial charge in [0.2, 0.25) is 5.91 Å². The number of amides is 1. The van der Waals surface area contributed by atoms with E-state index in [2.05, 4.69) is 45.0 Å². The maximum atomic E-state index is 12.7. The van der Waals surface area contributed by atoms with E-state index in [4.69, 9.17) is 4.74 Å². The Hall–Kier alpha value is -0.650. The van der Waals surface area contributed by atoms with Crippen LogP contribution < -0.4 is 5.32 Å². The molecule has 5 nitrogen and oxygen atoms in total. The van der Waals surface area contributed by atoms with Gasteiger partial charge in [0.25, 0.3) is 0 Å². The first-order valence-electron chi connectivity index (χ1n) is 8.25. The van der Waals surface area contributed by atoms with Crippen molar-refractivity contribution >= 4 is 5.91 Å². The van der Waals surface area contributed by atoms with Crippen molar-refractivity contribution in [2.45, 2.75) is 52.4 Å². The van der Waals surface area contributed by atoms with Crippen molar-refractivity contribution in [3.05, 3.63) is 0 Å². The van der Waals surface area contributed by atoms with Gasteiger partial charge in [-0.1, -0.05) is 27.7 Å². The molecule has 122 valence electrons. The van der Waals surface area contributed by atoms with Gasteiger partial charge in [-0.05, 0) is 25.3 Å². The molecular formula is C16H31N3O2. The molecule has 0 spiro atoms. The predicted molar refractivity (Wildman–Crippen MR) is 84.0 cm³/mol. The van der Waals surface area contributed by atoms with Crippen LogP contribution in [0.2, 0.25) is 0 Å². The fourth-order valence-corrected chi connectivity index (χ4v) is 3.30. The smallest absolute Gasteiger partial charge is 0.241 e. The highest BCUT2D eigenvalue weighted by molar-refractivity contribution is 5.84. The zero-order valence-corrected chi connectivity index (χ0v) is 14.1. The van der Waals surface area contributed by atoms with E-state index in [9.17, 15) is 4.79 Å². The SMILES string of the molecule is CC(C)CC1NC(C(C)C)N(CC2CN(C)CCO2)C1=O. The minimum absolute atomic E-state index is 0.0290. The number of ether oxygens (including phenoxy) is 1. The second-order valence-corrected chi connectivity index (χ2v) is 7.28. The van der Waals surface area contributed by atoms with Crippen molar-refractivity contribution < 1.29 is 9.53 Å². The van der Waals surface area contributed by atoms with Gasteiger partial charge in [-0.25, -0.2) is 0 Å². The van der Waals surface area contributed by atoms with E-state index in [1.165, 1.54) is 0 Å². The summed E-state index contributed by atoms with van der Waals surface area (Å²) in [5.74, 6) is 1.18. The number of nitrogens with one attached hydrogen (secondary N) is 1. The lowest BCUT2D eigenvalue weighted by atomic mass is 10.0. The maximum Gasteiger partial charge on any atom is 0.241 e. The quantitative estimate of drug-likeness (QED) is 0.827. The molecule has 2 saturated heterocycles. The van der Waals surface area contributed by atoms with E-state index < -0.39 is 0 Å². The first kappa shape index (κ1) is 16.7. The van der Waals surface area contributed by atoms with E-state index in [1.54, 1.807) is 0 Å². The van der Waals surface area contributed by atoms with Gasteiger partial charge in [0.1, 0.15) is 0 Å². The number of rotatable bonds is 5. The Morgan fingerprint density at radius 2 is 2.05 bits per heavy atom. The molecule has 2 fully saturated rings. The second kappa shape index (κ2) is 7.07. The molecule has 0 aromatic rings. The van der Waals surface area contributed by atoms with Crippen LogP contribution in [0, 0.1) is 11.8 Å². The first-order valence-corrected chi connectivity index (χ1v) is 8.25. The molecule has 0 radical (unpaired) electrons. The van der Waals surface area contributed by atoms with Gasteiger partial charge in [-0.15, -0.1) is 0 Å². The van der Waals surface area contributed by atoms with Gasteiger partial charge in [0.15, 0.2) is 0 Å². The van der Waals surface area contributed by atoms with Crippen LogP contribution in [0.3, 0.4) is 0 Å². The van der Waals surface area contributed by atoms with Gasteiger partial charge in [0.05, 0.1) is 24.9 Å². The van der Waals surface area contributed by atoms with Crippen LogP contribution in [0.4, 0.5) is 0 Å². The Bertz CT molecular complexity index is 359. The number of hydrogen-bond acceptors (Lipinski definition) is 4. The summed E-state index contributed by atoms with van der Waals surface area (Å²) in [6, 6.07) is -0.0290. The monoisotopic (exact) mass is 297 g/mol. The highest BCUT2D eigenvalue weighted by Crippen LogP contribution is 2.22. The minimum Gasteiger partial charge on any atom is -0.374 e. The lowest BCUT2D eigenvalue weighted by molar-refractivity contribution is -0.134. The Kier molecular flexibility index (Phi) is 5.63. The molecule has 3 atom stereocenters. The van der Waals surface area contributed by atoms with Gasteiger partial charge in [0, 0.05) is 19.6 Å². The molecule has 0 bridgehead atoms. The minimum atomic E-state index is -0.0290. The average molecular weight is 297 g/mol. The summed E-state index contributed by atoms with van der Waals surface area (Å²) in [6.07, 6.45) is 1.18. The Morgan fingerprint density at radius 1 is 1.33 bits per heavy atom. The molecular weight excluding hydrogens is 266 g/mol. The second-order valence-electron chi connectivity index (χ2n) is 7.28. The van der Waals surface area contributed by atoms with Crippen LogP contribution in [-0.4, -0.2) is 67.3 Å². The van der Waals surface area contributed by atoms with Gasteiger partial charge in [-0.2, -0.15) is 0 Å². The van der Waals surface area contributed by atoms with Crippen LogP contribution in [0.1, 0.15) is 34.1 Å². The van der Waals surface area contributed by atoms with Crippen LogP contribution in [0.25, 0.3) is 0 Å². The van der Waals surface area contributed by atoms with Crippen molar-refractivity contribution in [1.82, 2.24) is 15.1 Å². The summed E-state index contributed by atoms with van der Waals surface area (Å²) in [5, 5.41) is 3.53. The fraction of sp³-hybridized carbons (Fsp3) is 0.938. The average Bonchev–Trinajstić information content (AvgIpc) is 2.67. The molecule has 2 rings (SSSR count). The maximum absolute atomic E-state index is 12.7. The van der Waals surface area contributed by atoms with Crippen LogP contribution in [0.5, 0.6) is 0 Å². The molecule has 0 aromatic carbocycles. The van der Waals surface area contributed by atoms with E-state index in [-0.39, 0.29) is 24.2 Å². The van der Waals surface area contributed by atoms with Gasteiger partial charge in [-0.3, -0.25) is 10.1 Å². The molecule has 2 aliphatic rings. The van der Waals surface area contributed by atoms with Gasteiger partial charge < -0.3 is 14.5 Å². The third-order valence-corrected chi connectivity index (χ3v) is 4.37. The standard InChI is InChI=1S/C16H31N3O2/c1-11(2)8-14-16(20)19(15(17-14)12(3)4)10-13-9-18(5)6-7-21-13/h11-15,17H,6-10H2,1-5H3. The molecule has 1 N–H and O–H groups in total. The molecule has 0 aliphatic carbocycles. The predicted octanol–water partition coefficient (Wildman–Crippen LogP) is 1.15. The van der Waals surface area contributed by atoms with Gasteiger partial charge >= 0.3 is 0 Å². The number of carbonyl (C=O) groups is 1. The summed E-state index contributed by atoms with van der Waals surface area (Å²) in [6.45, 7) is 12.0. The topological polar surface area (TPSA) is 44.8 Å². The van der Waals surface area contributed by atoms with Crippen molar-refractivity contribution in [2.24, 2.45) is 11.8 Å².